The summed E-state index contributed by atoms with van der Waals surface area (Å²) >= 11 is 0. The lowest BCUT2D eigenvalue weighted by Gasteiger charge is -2.22. The smallest absolute Gasteiger partial charge is 0.251 e. The zero-order valence-corrected chi connectivity index (χ0v) is 16.3. The highest BCUT2D eigenvalue weighted by atomic mass is 32.2. The van der Waals surface area contributed by atoms with Gasteiger partial charge in [0, 0.05) is 24.7 Å². The van der Waals surface area contributed by atoms with E-state index in [1.54, 1.807) is 0 Å². The average molecular weight is 394 g/mol. The average Bonchev–Trinajstić information content (AvgIpc) is 3.23. The van der Waals surface area contributed by atoms with Crippen molar-refractivity contribution in [3.63, 3.8) is 0 Å². The fraction of sp³-hybridized carbons (Fsp3) is 0.579. The van der Waals surface area contributed by atoms with E-state index in [0.717, 1.165) is 38.5 Å². The van der Waals surface area contributed by atoms with Crippen molar-refractivity contribution < 1.29 is 18.0 Å². The largest absolute Gasteiger partial charge is 0.352 e. The lowest BCUT2D eigenvalue weighted by atomic mass is 9.95. The van der Waals surface area contributed by atoms with E-state index in [2.05, 4.69) is 10.6 Å². The second kappa shape index (κ2) is 8.84. The summed E-state index contributed by atoms with van der Waals surface area (Å²) in [6, 6.07) is 6.07. The molecule has 1 heterocycles. The third kappa shape index (κ3) is 5.07. The Labute approximate surface area is 160 Å². The molecule has 3 rings (SSSR count). The van der Waals surface area contributed by atoms with Gasteiger partial charge in [-0.05, 0) is 49.9 Å². The number of hydrogen-bond donors (Lipinski definition) is 2. The zero-order valence-electron chi connectivity index (χ0n) is 15.4. The highest BCUT2D eigenvalue weighted by Crippen LogP contribution is 2.21. The first-order valence-corrected chi connectivity index (χ1v) is 11.1. The van der Waals surface area contributed by atoms with Gasteiger partial charge in [-0.3, -0.25) is 9.59 Å². The number of rotatable bonds is 6. The molecule has 148 valence electrons. The molecule has 1 aromatic rings. The molecule has 2 fully saturated rings. The lowest BCUT2D eigenvalue weighted by Crippen LogP contribution is -2.42. The Balaban J connectivity index is 1.52. The van der Waals surface area contributed by atoms with E-state index in [1.165, 1.54) is 35.0 Å². The minimum absolute atomic E-state index is 0.0802. The van der Waals surface area contributed by atoms with Crippen molar-refractivity contribution in [2.45, 2.75) is 55.9 Å². The van der Waals surface area contributed by atoms with Crippen LogP contribution in [-0.2, 0) is 14.8 Å². The van der Waals surface area contributed by atoms with Crippen molar-refractivity contribution in [2.24, 2.45) is 0 Å². The molecule has 0 atom stereocenters. The number of nitrogens with one attached hydrogen (secondary N) is 2. The molecule has 1 aliphatic heterocycles. The number of nitrogens with zero attached hydrogens (tertiary/aromatic N) is 1. The Morgan fingerprint density at radius 3 is 2.22 bits per heavy atom. The van der Waals surface area contributed by atoms with Crippen LogP contribution < -0.4 is 10.6 Å². The lowest BCUT2D eigenvalue weighted by molar-refractivity contribution is -0.121. The summed E-state index contributed by atoms with van der Waals surface area (Å²) in [6.45, 7) is 1.00. The minimum Gasteiger partial charge on any atom is -0.352 e. The maximum absolute atomic E-state index is 12.5. The summed E-state index contributed by atoms with van der Waals surface area (Å²) in [7, 11) is -3.49. The molecule has 1 saturated carbocycles. The normalized spacial score (nSPS) is 19.0. The Morgan fingerprint density at radius 1 is 0.963 bits per heavy atom. The predicted octanol–water partition coefficient (Wildman–Crippen LogP) is 1.65. The predicted molar refractivity (Wildman–Crippen MR) is 102 cm³/mol. The van der Waals surface area contributed by atoms with Crippen LogP contribution in [0.5, 0.6) is 0 Å². The molecule has 0 spiro atoms. The van der Waals surface area contributed by atoms with Crippen molar-refractivity contribution in [1.29, 1.82) is 0 Å². The summed E-state index contributed by atoms with van der Waals surface area (Å²) in [5, 5.41) is 5.54. The van der Waals surface area contributed by atoms with Crippen molar-refractivity contribution in [3.8, 4) is 0 Å². The molecule has 1 aliphatic carbocycles. The molecule has 7 nitrogen and oxygen atoms in total. The highest BCUT2D eigenvalue weighted by molar-refractivity contribution is 7.89. The SMILES string of the molecule is O=C(CNC(=O)c1ccc(S(=O)(=O)N2CCCC2)cc1)NC1CCCCC1. The Kier molecular flexibility index (Phi) is 6.49. The summed E-state index contributed by atoms with van der Waals surface area (Å²) in [4.78, 5) is 24.4. The number of hydrogen-bond acceptors (Lipinski definition) is 4. The Morgan fingerprint density at radius 2 is 1.59 bits per heavy atom. The summed E-state index contributed by atoms with van der Waals surface area (Å²) < 4.78 is 26.5. The maximum Gasteiger partial charge on any atom is 0.251 e. The first kappa shape index (κ1) is 19.8. The molecule has 2 aliphatic rings. The van der Waals surface area contributed by atoms with Crippen LogP contribution in [0.2, 0.25) is 0 Å². The first-order chi connectivity index (χ1) is 13.0. The van der Waals surface area contributed by atoms with Gasteiger partial charge in [-0.25, -0.2) is 8.42 Å². The zero-order chi connectivity index (χ0) is 19.3. The Bertz CT molecular complexity index is 765. The van der Waals surface area contributed by atoms with Gasteiger partial charge in [-0.1, -0.05) is 19.3 Å². The number of carbonyl (C=O) groups excluding carboxylic acids is 2. The van der Waals surface area contributed by atoms with Crippen LogP contribution in [0.1, 0.15) is 55.3 Å². The summed E-state index contributed by atoms with van der Waals surface area (Å²) in [6.07, 6.45) is 7.21. The maximum atomic E-state index is 12.5. The number of benzene rings is 1. The monoisotopic (exact) mass is 393 g/mol. The molecule has 8 heteroatoms. The molecule has 2 amide bonds. The van der Waals surface area contributed by atoms with E-state index in [4.69, 9.17) is 0 Å². The number of amides is 2. The quantitative estimate of drug-likeness (QED) is 0.768. The van der Waals surface area contributed by atoms with E-state index in [-0.39, 0.29) is 29.3 Å². The molecule has 27 heavy (non-hydrogen) atoms. The number of sulfonamides is 1. The second-order valence-electron chi connectivity index (χ2n) is 7.22. The van der Waals surface area contributed by atoms with Crippen molar-refractivity contribution in [2.75, 3.05) is 19.6 Å². The topological polar surface area (TPSA) is 95.6 Å². The molecular formula is C19H27N3O4S. The van der Waals surface area contributed by atoms with Crippen molar-refractivity contribution in [3.05, 3.63) is 29.8 Å². The van der Waals surface area contributed by atoms with Crippen molar-refractivity contribution in [1.82, 2.24) is 14.9 Å². The van der Waals surface area contributed by atoms with Gasteiger partial charge in [0.25, 0.3) is 5.91 Å². The van der Waals surface area contributed by atoms with Crippen molar-refractivity contribution >= 4 is 21.8 Å². The van der Waals surface area contributed by atoms with E-state index in [0.29, 0.717) is 18.7 Å². The van der Waals surface area contributed by atoms with Gasteiger partial charge in [-0.2, -0.15) is 4.31 Å². The molecular weight excluding hydrogens is 366 g/mol. The molecule has 0 radical (unpaired) electrons. The highest BCUT2D eigenvalue weighted by Gasteiger charge is 2.27. The van der Waals surface area contributed by atoms with Gasteiger partial charge in [-0.15, -0.1) is 0 Å². The molecule has 1 aromatic carbocycles. The van der Waals surface area contributed by atoms with E-state index in [1.807, 2.05) is 0 Å². The van der Waals surface area contributed by atoms with Crippen LogP contribution in [0.4, 0.5) is 0 Å². The van der Waals surface area contributed by atoms with Crippen LogP contribution in [0, 0.1) is 0 Å². The Hall–Kier alpha value is -1.93. The van der Waals surface area contributed by atoms with E-state index < -0.39 is 10.0 Å². The number of carbonyl (C=O) groups is 2. The summed E-state index contributed by atoms with van der Waals surface area (Å²) in [5.41, 5.74) is 0.334. The van der Waals surface area contributed by atoms with E-state index >= 15 is 0 Å². The first-order valence-electron chi connectivity index (χ1n) is 9.64. The van der Waals surface area contributed by atoms with Crippen LogP contribution in [-0.4, -0.2) is 50.2 Å². The summed E-state index contributed by atoms with van der Waals surface area (Å²) in [5.74, 6) is -0.581. The van der Waals surface area contributed by atoms with Crippen LogP contribution >= 0.6 is 0 Å². The second-order valence-corrected chi connectivity index (χ2v) is 9.16. The molecule has 0 aromatic heterocycles. The van der Waals surface area contributed by atoms with Crippen LogP contribution in [0.15, 0.2) is 29.2 Å². The van der Waals surface area contributed by atoms with Gasteiger partial charge in [0.1, 0.15) is 0 Å². The molecule has 2 N–H and O–H groups in total. The van der Waals surface area contributed by atoms with E-state index in [9.17, 15) is 18.0 Å². The van der Waals surface area contributed by atoms with Gasteiger partial charge in [0.15, 0.2) is 0 Å². The molecule has 1 saturated heterocycles. The molecule has 0 unspecified atom stereocenters. The molecule has 0 bridgehead atoms. The fourth-order valence-electron chi connectivity index (χ4n) is 3.64. The van der Waals surface area contributed by atoms with Crippen LogP contribution in [0.25, 0.3) is 0 Å². The van der Waals surface area contributed by atoms with Crippen LogP contribution in [0.3, 0.4) is 0 Å². The van der Waals surface area contributed by atoms with Gasteiger partial charge < -0.3 is 10.6 Å². The minimum atomic E-state index is -3.49. The van der Waals surface area contributed by atoms with Gasteiger partial charge >= 0.3 is 0 Å². The van der Waals surface area contributed by atoms with Gasteiger partial charge in [0.2, 0.25) is 15.9 Å². The standard InChI is InChI=1S/C19H27N3O4S/c23-18(21-16-6-2-1-3-7-16)14-20-19(24)15-8-10-17(11-9-15)27(25,26)22-12-4-5-13-22/h8-11,16H,1-7,12-14H2,(H,20,24)(H,21,23). The third-order valence-electron chi connectivity index (χ3n) is 5.20. The third-order valence-corrected chi connectivity index (χ3v) is 7.11. The van der Waals surface area contributed by atoms with Gasteiger partial charge in [0.05, 0.1) is 11.4 Å². The fourth-order valence-corrected chi connectivity index (χ4v) is 5.16.